The molecular formula is C18H29N3O2. The molecule has 2 unspecified atom stereocenters. The zero-order valence-electron chi connectivity index (χ0n) is 14.7. The summed E-state index contributed by atoms with van der Waals surface area (Å²) in [6.45, 7) is 6.06. The number of guanidine groups is 1. The SMILES string of the molecule is CCNC(=NCCCc1ccc(OC)c(OC)c1)NC1CC1C. The minimum atomic E-state index is 0.596. The first-order valence-corrected chi connectivity index (χ1v) is 8.43. The highest BCUT2D eigenvalue weighted by atomic mass is 16.5. The highest BCUT2D eigenvalue weighted by molar-refractivity contribution is 5.80. The third-order valence-corrected chi connectivity index (χ3v) is 4.12. The van der Waals surface area contributed by atoms with Crippen LogP contribution in [-0.4, -0.2) is 39.3 Å². The fourth-order valence-electron chi connectivity index (χ4n) is 2.53. The lowest BCUT2D eigenvalue weighted by Gasteiger charge is -2.11. The van der Waals surface area contributed by atoms with Gasteiger partial charge in [0.05, 0.1) is 14.2 Å². The largest absolute Gasteiger partial charge is 0.493 e. The fourth-order valence-corrected chi connectivity index (χ4v) is 2.53. The van der Waals surface area contributed by atoms with Crippen molar-refractivity contribution >= 4 is 5.96 Å². The van der Waals surface area contributed by atoms with Gasteiger partial charge < -0.3 is 20.1 Å². The molecule has 0 amide bonds. The van der Waals surface area contributed by atoms with E-state index in [2.05, 4.69) is 35.5 Å². The Balaban J connectivity index is 1.81. The molecule has 0 radical (unpaired) electrons. The Kier molecular flexibility index (Phi) is 6.56. The van der Waals surface area contributed by atoms with Gasteiger partial charge in [0.15, 0.2) is 17.5 Å². The zero-order chi connectivity index (χ0) is 16.7. The Labute approximate surface area is 139 Å². The Morgan fingerprint density at radius 2 is 2.00 bits per heavy atom. The summed E-state index contributed by atoms with van der Waals surface area (Å²) < 4.78 is 10.6. The van der Waals surface area contributed by atoms with Crippen molar-refractivity contribution in [3.8, 4) is 11.5 Å². The van der Waals surface area contributed by atoms with Gasteiger partial charge in [-0.3, -0.25) is 4.99 Å². The number of nitrogens with one attached hydrogen (secondary N) is 2. The summed E-state index contributed by atoms with van der Waals surface area (Å²) in [6.07, 6.45) is 3.23. The van der Waals surface area contributed by atoms with Gasteiger partial charge in [-0.05, 0) is 49.8 Å². The van der Waals surface area contributed by atoms with E-state index >= 15 is 0 Å². The number of aliphatic imine (C=N–C) groups is 1. The summed E-state index contributed by atoms with van der Waals surface area (Å²) >= 11 is 0. The maximum atomic E-state index is 5.34. The number of benzene rings is 1. The normalized spacial score (nSPS) is 20.1. The molecular weight excluding hydrogens is 290 g/mol. The van der Waals surface area contributed by atoms with Crippen LogP contribution in [0, 0.1) is 5.92 Å². The van der Waals surface area contributed by atoms with Gasteiger partial charge in [0.25, 0.3) is 0 Å². The molecule has 0 saturated heterocycles. The molecule has 128 valence electrons. The molecule has 5 nitrogen and oxygen atoms in total. The van der Waals surface area contributed by atoms with E-state index in [9.17, 15) is 0 Å². The predicted octanol–water partition coefficient (Wildman–Crippen LogP) is 2.60. The minimum Gasteiger partial charge on any atom is -0.493 e. The maximum absolute atomic E-state index is 5.34. The van der Waals surface area contributed by atoms with Crippen LogP contribution in [0.5, 0.6) is 11.5 Å². The fraction of sp³-hybridized carbons (Fsp3) is 0.611. The van der Waals surface area contributed by atoms with Crippen LogP contribution in [0.15, 0.2) is 23.2 Å². The van der Waals surface area contributed by atoms with Gasteiger partial charge in [0.2, 0.25) is 0 Å². The molecule has 23 heavy (non-hydrogen) atoms. The molecule has 0 heterocycles. The number of ether oxygens (including phenoxy) is 2. The quantitative estimate of drug-likeness (QED) is 0.439. The summed E-state index contributed by atoms with van der Waals surface area (Å²) in [5.74, 6) is 3.26. The van der Waals surface area contributed by atoms with Crippen molar-refractivity contribution in [2.75, 3.05) is 27.3 Å². The van der Waals surface area contributed by atoms with Crippen molar-refractivity contribution in [3.05, 3.63) is 23.8 Å². The Morgan fingerprint density at radius 3 is 2.61 bits per heavy atom. The number of rotatable bonds is 8. The Hall–Kier alpha value is -1.91. The van der Waals surface area contributed by atoms with Crippen LogP contribution in [0.4, 0.5) is 0 Å². The Bertz CT molecular complexity index is 531. The number of hydrogen-bond donors (Lipinski definition) is 2. The number of nitrogens with zero attached hydrogens (tertiary/aromatic N) is 1. The van der Waals surface area contributed by atoms with Crippen LogP contribution in [0.25, 0.3) is 0 Å². The smallest absolute Gasteiger partial charge is 0.191 e. The Morgan fingerprint density at radius 1 is 1.26 bits per heavy atom. The van der Waals surface area contributed by atoms with E-state index < -0.39 is 0 Å². The molecule has 0 aromatic heterocycles. The molecule has 2 N–H and O–H groups in total. The lowest BCUT2D eigenvalue weighted by atomic mass is 10.1. The second-order valence-electron chi connectivity index (χ2n) is 6.02. The summed E-state index contributed by atoms with van der Waals surface area (Å²) in [7, 11) is 3.32. The summed E-state index contributed by atoms with van der Waals surface area (Å²) in [4.78, 5) is 4.66. The van der Waals surface area contributed by atoms with E-state index in [0.29, 0.717) is 6.04 Å². The number of hydrogen-bond acceptors (Lipinski definition) is 3. The second kappa shape index (κ2) is 8.65. The average molecular weight is 319 g/mol. The van der Waals surface area contributed by atoms with Crippen LogP contribution in [0.1, 0.15) is 32.3 Å². The standard InChI is InChI=1S/C18H29N3O2/c1-5-19-18(21-15-11-13(15)2)20-10-6-7-14-8-9-16(22-3)17(12-14)23-4/h8-9,12-13,15H,5-7,10-11H2,1-4H3,(H2,19,20,21). The van der Waals surface area contributed by atoms with E-state index in [1.165, 1.54) is 12.0 Å². The van der Waals surface area contributed by atoms with Gasteiger partial charge in [0.1, 0.15) is 0 Å². The molecule has 5 heteroatoms. The molecule has 0 spiro atoms. The van der Waals surface area contributed by atoms with Crippen LogP contribution in [0.3, 0.4) is 0 Å². The van der Waals surface area contributed by atoms with E-state index in [1.807, 2.05) is 12.1 Å². The molecule has 1 saturated carbocycles. The lowest BCUT2D eigenvalue weighted by molar-refractivity contribution is 0.354. The molecule has 2 rings (SSSR count). The third-order valence-electron chi connectivity index (χ3n) is 4.12. The molecule has 0 bridgehead atoms. The molecule has 1 aromatic rings. The molecule has 1 fully saturated rings. The third kappa shape index (κ3) is 5.34. The van der Waals surface area contributed by atoms with Gasteiger partial charge in [-0.15, -0.1) is 0 Å². The zero-order valence-corrected chi connectivity index (χ0v) is 14.7. The minimum absolute atomic E-state index is 0.596. The molecule has 1 aliphatic carbocycles. The van der Waals surface area contributed by atoms with E-state index in [1.54, 1.807) is 14.2 Å². The van der Waals surface area contributed by atoms with Crippen LogP contribution in [-0.2, 0) is 6.42 Å². The predicted molar refractivity (Wildman–Crippen MR) is 94.6 cm³/mol. The summed E-state index contributed by atoms with van der Waals surface area (Å²) in [6, 6.07) is 6.68. The van der Waals surface area contributed by atoms with Crippen molar-refractivity contribution in [3.63, 3.8) is 0 Å². The highest BCUT2D eigenvalue weighted by Crippen LogP contribution is 2.29. The van der Waals surface area contributed by atoms with Crippen molar-refractivity contribution in [1.82, 2.24) is 10.6 Å². The van der Waals surface area contributed by atoms with Crippen molar-refractivity contribution in [2.24, 2.45) is 10.9 Å². The van der Waals surface area contributed by atoms with Gasteiger partial charge in [0, 0.05) is 19.1 Å². The van der Waals surface area contributed by atoms with Crippen molar-refractivity contribution in [2.45, 2.75) is 39.2 Å². The van der Waals surface area contributed by atoms with Gasteiger partial charge in [-0.25, -0.2) is 0 Å². The highest BCUT2D eigenvalue weighted by Gasteiger charge is 2.33. The summed E-state index contributed by atoms with van der Waals surface area (Å²) in [5, 5.41) is 6.78. The average Bonchev–Trinajstić information content (AvgIpc) is 3.26. The van der Waals surface area contributed by atoms with Crippen LogP contribution >= 0.6 is 0 Å². The van der Waals surface area contributed by atoms with Gasteiger partial charge >= 0.3 is 0 Å². The monoisotopic (exact) mass is 319 g/mol. The van der Waals surface area contributed by atoms with Crippen LogP contribution in [0.2, 0.25) is 0 Å². The molecule has 0 aliphatic heterocycles. The first kappa shape index (κ1) is 17.4. The van der Waals surface area contributed by atoms with Gasteiger partial charge in [-0.1, -0.05) is 13.0 Å². The van der Waals surface area contributed by atoms with E-state index in [0.717, 1.165) is 49.3 Å². The van der Waals surface area contributed by atoms with E-state index in [-0.39, 0.29) is 0 Å². The van der Waals surface area contributed by atoms with E-state index in [4.69, 9.17) is 9.47 Å². The number of methoxy groups -OCH3 is 2. The van der Waals surface area contributed by atoms with Crippen LogP contribution < -0.4 is 20.1 Å². The van der Waals surface area contributed by atoms with Crippen molar-refractivity contribution in [1.29, 1.82) is 0 Å². The molecule has 1 aliphatic rings. The topological polar surface area (TPSA) is 54.9 Å². The molecule has 1 aromatic carbocycles. The lowest BCUT2D eigenvalue weighted by Crippen LogP contribution is -2.39. The second-order valence-corrected chi connectivity index (χ2v) is 6.02. The first-order valence-electron chi connectivity index (χ1n) is 8.43. The number of aryl methyl sites for hydroxylation is 1. The van der Waals surface area contributed by atoms with Crippen molar-refractivity contribution < 1.29 is 9.47 Å². The van der Waals surface area contributed by atoms with Gasteiger partial charge in [-0.2, -0.15) is 0 Å². The first-order chi connectivity index (χ1) is 11.2. The summed E-state index contributed by atoms with van der Waals surface area (Å²) in [5.41, 5.74) is 1.24. The maximum Gasteiger partial charge on any atom is 0.191 e. The molecule has 2 atom stereocenters.